The molecule has 0 saturated carbocycles. The normalized spacial score (nSPS) is 12.5. The molecule has 2 aromatic heterocycles. The van der Waals surface area contributed by atoms with E-state index in [9.17, 15) is 9.59 Å². The van der Waals surface area contributed by atoms with Crippen molar-refractivity contribution in [3.8, 4) is 0 Å². The van der Waals surface area contributed by atoms with Gasteiger partial charge in [0, 0.05) is 10.7 Å². The molecule has 0 aliphatic heterocycles. The number of amides is 1. The second-order valence-electron chi connectivity index (χ2n) is 5.68. The number of fused-ring (bicyclic) bond motifs is 2. The van der Waals surface area contributed by atoms with E-state index in [-0.39, 0.29) is 16.8 Å². The molecule has 4 aromatic rings. The van der Waals surface area contributed by atoms with Crippen molar-refractivity contribution < 1.29 is 4.79 Å². The zero-order chi connectivity index (χ0) is 18.3. The van der Waals surface area contributed by atoms with Crippen LogP contribution in [0.1, 0.15) is 6.92 Å². The van der Waals surface area contributed by atoms with Gasteiger partial charge in [0.1, 0.15) is 0 Å². The minimum Gasteiger partial charge on any atom is -0.325 e. The smallest absolute Gasteiger partial charge is 0.323 e. The van der Waals surface area contributed by atoms with Gasteiger partial charge >= 0.3 is 5.69 Å². The molecule has 1 unspecified atom stereocenters. The summed E-state index contributed by atoms with van der Waals surface area (Å²) in [5.74, 6) is -0.135. The second-order valence-corrected chi connectivity index (χ2v) is 8.74. The van der Waals surface area contributed by atoms with Crippen LogP contribution in [0.25, 0.3) is 21.3 Å². The summed E-state index contributed by atoms with van der Waals surface area (Å²) in [7, 11) is 0. The van der Waals surface area contributed by atoms with Crippen molar-refractivity contribution in [1.82, 2.24) is 15.0 Å². The molecule has 0 bridgehead atoms. The Kier molecular flexibility index (Phi) is 4.47. The number of H-pyrrole nitrogens is 2. The summed E-state index contributed by atoms with van der Waals surface area (Å²) in [5.41, 5.74) is 2.53. The largest absolute Gasteiger partial charge is 0.325 e. The lowest BCUT2D eigenvalue weighted by Crippen LogP contribution is -2.22. The maximum Gasteiger partial charge on any atom is 0.323 e. The molecule has 132 valence electrons. The molecule has 1 atom stereocenters. The van der Waals surface area contributed by atoms with Crippen LogP contribution in [0.4, 0.5) is 5.69 Å². The molecule has 26 heavy (non-hydrogen) atoms. The fraction of sp³-hybridized carbons (Fsp3) is 0.118. The fourth-order valence-electron chi connectivity index (χ4n) is 2.49. The van der Waals surface area contributed by atoms with Gasteiger partial charge < -0.3 is 15.3 Å². The molecular formula is C17H13ClN4O2S2. The van der Waals surface area contributed by atoms with E-state index in [4.69, 9.17) is 11.6 Å². The van der Waals surface area contributed by atoms with Crippen LogP contribution in [-0.2, 0) is 4.79 Å². The van der Waals surface area contributed by atoms with E-state index in [1.54, 1.807) is 18.2 Å². The SMILES string of the molecule is CC(Sc1nc2cc(Cl)ccc2s1)C(=O)Nc1ccc2[nH]c(=O)[nH]c2c1. The van der Waals surface area contributed by atoms with E-state index in [0.717, 1.165) is 14.6 Å². The zero-order valence-electron chi connectivity index (χ0n) is 13.5. The first-order chi connectivity index (χ1) is 12.5. The highest BCUT2D eigenvalue weighted by Crippen LogP contribution is 2.33. The number of thioether (sulfide) groups is 1. The Labute approximate surface area is 161 Å². The number of aromatic amines is 2. The first-order valence-electron chi connectivity index (χ1n) is 7.73. The predicted molar refractivity (Wildman–Crippen MR) is 107 cm³/mol. The first kappa shape index (κ1) is 17.1. The standard InChI is InChI=1S/C17H13ClN4O2S2/c1-8(25-17-22-13-6-9(18)2-5-14(13)26-17)15(23)19-10-3-4-11-12(7-10)21-16(24)20-11/h2-8H,1H3,(H,19,23)(H2,20,21,24). The molecular weight excluding hydrogens is 392 g/mol. The summed E-state index contributed by atoms with van der Waals surface area (Å²) in [6.07, 6.45) is 0. The van der Waals surface area contributed by atoms with Gasteiger partial charge in [0.25, 0.3) is 0 Å². The van der Waals surface area contributed by atoms with Gasteiger partial charge in [-0.05, 0) is 43.3 Å². The summed E-state index contributed by atoms with van der Waals surface area (Å²) < 4.78 is 1.85. The molecule has 9 heteroatoms. The number of carbonyl (C=O) groups excluding carboxylic acids is 1. The van der Waals surface area contributed by atoms with Gasteiger partial charge in [-0.25, -0.2) is 9.78 Å². The Morgan fingerprint density at radius 3 is 2.88 bits per heavy atom. The molecule has 6 nitrogen and oxygen atoms in total. The molecule has 0 aliphatic rings. The van der Waals surface area contributed by atoms with Crippen LogP contribution >= 0.6 is 34.7 Å². The summed E-state index contributed by atoms with van der Waals surface area (Å²) >= 11 is 8.92. The van der Waals surface area contributed by atoms with Crippen LogP contribution < -0.4 is 11.0 Å². The van der Waals surface area contributed by atoms with Gasteiger partial charge in [-0.15, -0.1) is 11.3 Å². The van der Waals surface area contributed by atoms with Crippen molar-refractivity contribution in [1.29, 1.82) is 0 Å². The van der Waals surface area contributed by atoms with Crippen molar-refractivity contribution >= 4 is 67.5 Å². The molecule has 0 radical (unpaired) electrons. The van der Waals surface area contributed by atoms with Gasteiger partial charge in [-0.3, -0.25) is 4.79 Å². The zero-order valence-corrected chi connectivity index (χ0v) is 15.9. The first-order valence-corrected chi connectivity index (χ1v) is 9.81. The quantitative estimate of drug-likeness (QED) is 0.444. The Hall–Kier alpha value is -2.29. The number of carbonyl (C=O) groups is 1. The van der Waals surface area contributed by atoms with Crippen molar-refractivity contribution in [3.63, 3.8) is 0 Å². The summed E-state index contributed by atoms with van der Waals surface area (Å²) in [6, 6.07) is 10.8. The highest BCUT2D eigenvalue weighted by molar-refractivity contribution is 8.02. The number of nitrogens with one attached hydrogen (secondary N) is 3. The Morgan fingerprint density at radius 1 is 1.23 bits per heavy atom. The predicted octanol–water partition coefficient (Wildman–Crippen LogP) is 4.24. The minimum atomic E-state index is -0.327. The Bertz CT molecular complexity index is 1180. The van der Waals surface area contributed by atoms with E-state index in [0.29, 0.717) is 21.7 Å². The highest BCUT2D eigenvalue weighted by atomic mass is 35.5. The molecule has 0 aliphatic carbocycles. The monoisotopic (exact) mass is 404 g/mol. The van der Waals surface area contributed by atoms with E-state index in [1.165, 1.54) is 23.1 Å². The number of aromatic nitrogens is 3. The van der Waals surface area contributed by atoms with Gasteiger partial charge in [0.05, 0.1) is 26.5 Å². The number of thiazole rings is 1. The highest BCUT2D eigenvalue weighted by Gasteiger charge is 2.17. The lowest BCUT2D eigenvalue weighted by Gasteiger charge is -2.10. The van der Waals surface area contributed by atoms with Gasteiger partial charge in [-0.1, -0.05) is 23.4 Å². The van der Waals surface area contributed by atoms with Gasteiger partial charge in [-0.2, -0.15) is 0 Å². The molecule has 3 N–H and O–H groups in total. The number of hydrogen-bond acceptors (Lipinski definition) is 5. The van der Waals surface area contributed by atoms with Crippen molar-refractivity contribution in [3.05, 3.63) is 51.9 Å². The van der Waals surface area contributed by atoms with Crippen LogP contribution in [0.5, 0.6) is 0 Å². The Balaban J connectivity index is 1.48. The fourth-order valence-corrected chi connectivity index (χ4v) is 4.85. The molecule has 1 amide bonds. The van der Waals surface area contributed by atoms with Crippen molar-refractivity contribution in [2.75, 3.05) is 5.32 Å². The number of nitrogens with zero attached hydrogens (tertiary/aromatic N) is 1. The Morgan fingerprint density at radius 2 is 2.04 bits per heavy atom. The average Bonchev–Trinajstić information content (AvgIpc) is 3.15. The number of hydrogen-bond donors (Lipinski definition) is 3. The van der Waals surface area contributed by atoms with Gasteiger partial charge in [0.15, 0.2) is 4.34 Å². The van der Waals surface area contributed by atoms with E-state index < -0.39 is 0 Å². The number of anilines is 1. The maximum atomic E-state index is 12.5. The third kappa shape index (κ3) is 3.48. The third-order valence-electron chi connectivity index (χ3n) is 3.76. The molecule has 0 fully saturated rings. The summed E-state index contributed by atoms with van der Waals surface area (Å²) in [5, 5.41) is 3.18. The van der Waals surface area contributed by atoms with Crippen LogP contribution in [0.15, 0.2) is 45.5 Å². The van der Waals surface area contributed by atoms with E-state index >= 15 is 0 Å². The molecule has 2 heterocycles. The minimum absolute atomic E-state index is 0.135. The van der Waals surface area contributed by atoms with Crippen molar-refractivity contribution in [2.45, 2.75) is 16.5 Å². The number of benzene rings is 2. The number of halogens is 1. The topological polar surface area (TPSA) is 90.6 Å². The maximum absolute atomic E-state index is 12.5. The average molecular weight is 405 g/mol. The van der Waals surface area contributed by atoms with Crippen molar-refractivity contribution in [2.24, 2.45) is 0 Å². The lowest BCUT2D eigenvalue weighted by atomic mass is 10.2. The van der Waals surface area contributed by atoms with Gasteiger partial charge in [0.2, 0.25) is 5.91 Å². The number of rotatable bonds is 4. The summed E-state index contributed by atoms with van der Waals surface area (Å²) in [4.78, 5) is 33.6. The van der Waals surface area contributed by atoms with Crippen LogP contribution in [0, 0.1) is 0 Å². The lowest BCUT2D eigenvalue weighted by molar-refractivity contribution is -0.115. The summed E-state index contributed by atoms with van der Waals surface area (Å²) in [6.45, 7) is 1.83. The third-order valence-corrected chi connectivity index (χ3v) is 6.23. The molecule has 0 spiro atoms. The van der Waals surface area contributed by atoms with E-state index in [2.05, 4.69) is 20.3 Å². The molecule has 4 rings (SSSR count). The van der Waals surface area contributed by atoms with E-state index in [1.807, 2.05) is 25.1 Å². The van der Waals surface area contributed by atoms with Crippen LogP contribution in [-0.4, -0.2) is 26.1 Å². The van der Waals surface area contributed by atoms with Crippen LogP contribution in [0.2, 0.25) is 5.02 Å². The number of imidazole rings is 1. The second kappa shape index (κ2) is 6.79. The van der Waals surface area contributed by atoms with Crippen LogP contribution in [0.3, 0.4) is 0 Å². The molecule has 2 aromatic carbocycles. The molecule has 0 saturated heterocycles.